The summed E-state index contributed by atoms with van der Waals surface area (Å²) >= 11 is 0. The van der Waals surface area contributed by atoms with Crippen LogP contribution in [0.15, 0.2) is 30.3 Å². The van der Waals surface area contributed by atoms with E-state index in [-0.39, 0.29) is 11.6 Å². The van der Waals surface area contributed by atoms with Crippen LogP contribution in [0.25, 0.3) is 0 Å². The van der Waals surface area contributed by atoms with Crippen LogP contribution in [-0.2, 0) is 6.42 Å². The maximum atomic E-state index is 13.8. The molecule has 0 aromatic heterocycles. The normalized spacial score (nSPS) is 12.5. The van der Waals surface area contributed by atoms with Gasteiger partial charge in [-0.2, -0.15) is 0 Å². The van der Waals surface area contributed by atoms with Gasteiger partial charge in [0.15, 0.2) is 0 Å². The molecular weight excluding hydrogens is 268 g/mol. The van der Waals surface area contributed by atoms with Gasteiger partial charge in [-0.15, -0.1) is 0 Å². The molecular formula is C18H21F2N. The summed E-state index contributed by atoms with van der Waals surface area (Å²) in [6.45, 7) is 6.15. The minimum Gasteiger partial charge on any atom is -0.313 e. The molecule has 2 aromatic rings. The predicted molar refractivity (Wildman–Crippen MR) is 82.5 cm³/mol. The number of hydrogen-bond donors (Lipinski definition) is 1. The Kier molecular flexibility index (Phi) is 4.73. The van der Waals surface area contributed by atoms with Crippen LogP contribution in [-0.4, -0.2) is 7.05 Å². The zero-order valence-electron chi connectivity index (χ0n) is 12.9. The van der Waals surface area contributed by atoms with Crippen molar-refractivity contribution in [2.45, 2.75) is 33.2 Å². The first kappa shape index (κ1) is 15.6. The van der Waals surface area contributed by atoms with Crippen LogP contribution in [0.5, 0.6) is 0 Å². The van der Waals surface area contributed by atoms with E-state index in [4.69, 9.17) is 0 Å². The molecule has 1 unspecified atom stereocenters. The lowest BCUT2D eigenvalue weighted by molar-refractivity contribution is 0.514. The second kappa shape index (κ2) is 6.35. The highest BCUT2D eigenvalue weighted by atomic mass is 19.1. The summed E-state index contributed by atoms with van der Waals surface area (Å²) in [6.07, 6.45) is 0.290. The van der Waals surface area contributed by atoms with Crippen molar-refractivity contribution in [3.8, 4) is 0 Å². The Morgan fingerprint density at radius 1 is 0.952 bits per heavy atom. The summed E-state index contributed by atoms with van der Waals surface area (Å²) in [4.78, 5) is 0. The predicted octanol–water partition coefficient (Wildman–Crippen LogP) is 4.39. The van der Waals surface area contributed by atoms with Crippen LogP contribution in [0.3, 0.4) is 0 Å². The van der Waals surface area contributed by atoms with Crippen molar-refractivity contribution in [1.82, 2.24) is 5.32 Å². The first-order valence-electron chi connectivity index (χ1n) is 7.12. The van der Waals surface area contributed by atoms with E-state index < -0.39 is 11.6 Å². The lowest BCUT2D eigenvalue weighted by Gasteiger charge is -2.21. The van der Waals surface area contributed by atoms with Gasteiger partial charge in [0.2, 0.25) is 0 Å². The summed E-state index contributed by atoms with van der Waals surface area (Å²) in [5.41, 5.74) is 4.76. The fourth-order valence-electron chi connectivity index (χ4n) is 2.66. The van der Waals surface area contributed by atoms with Crippen LogP contribution >= 0.6 is 0 Å². The standard InChI is InChI=1S/C18H21F2N/c1-11-8-13(3)14(9-12(11)2)18(21-4)10-15-16(19)6-5-7-17(15)20/h5-9,18,21H,10H2,1-4H3. The maximum absolute atomic E-state index is 13.8. The van der Waals surface area contributed by atoms with Crippen molar-refractivity contribution < 1.29 is 8.78 Å². The molecule has 0 bridgehead atoms. The van der Waals surface area contributed by atoms with Crippen molar-refractivity contribution in [2.24, 2.45) is 0 Å². The summed E-state index contributed by atoms with van der Waals surface area (Å²) in [5.74, 6) is -0.978. The van der Waals surface area contributed by atoms with Gasteiger partial charge in [-0.3, -0.25) is 0 Å². The van der Waals surface area contributed by atoms with Gasteiger partial charge in [-0.05, 0) is 68.6 Å². The molecule has 0 aliphatic carbocycles. The molecule has 0 amide bonds. The van der Waals surface area contributed by atoms with E-state index in [0.717, 1.165) is 11.1 Å². The van der Waals surface area contributed by atoms with Crippen LogP contribution in [0.1, 0.15) is 33.9 Å². The Balaban J connectivity index is 2.39. The molecule has 1 atom stereocenters. The SMILES string of the molecule is CNC(Cc1c(F)cccc1F)c1cc(C)c(C)cc1C. The van der Waals surface area contributed by atoms with E-state index in [9.17, 15) is 8.78 Å². The van der Waals surface area contributed by atoms with E-state index in [1.807, 2.05) is 14.0 Å². The zero-order chi connectivity index (χ0) is 15.6. The third-order valence-corrected chi connectivity index (χ3v) is 4.08. The molecule has 0 heterocycles. The molecule has 0 fully saturated rings. The van der Waals surface area contributed by atoms with Gasteiger partial charge in [-0.1, -0.05) is 18.2 Å². The molecule has 21 heavy (non-hydrogen) atoms. The van der Waals surface area contributed by atoms with E-state index in [0.29, 0.717) is 6.42 Å². The van der Waals surface area contributed by atoms with Crippen molar-refractivity contribution in [3.05, 3.63) is 69.8 Å². The van der Waals surface area contributed by atoms with Crippen LogP contribution in [0, 0.1) is 32.4 Å². The number of nitrogens with one attached hydrogen (secondary N) is 1. The minimum atomic E-state index is -0.489. The topological polar surface area (TPSA) is 12.0 Å². The number of benzene rings is 2. The molecule has 0 saturated carbocycles. The van der Waals surface area contributed by atoms with Crippen LogP contribution in [0.2, 0.25) is 0 Å². The van der Waals surface area contributed by atoms with Gasteiger partial charge in [0.25, 0.3) is 0 Å². The van der Waals surface area contributed by atoms with Crippen LogP contribution in [0.4, 0.5) is 8.78 Å². The molecule has 3 heteroatoms. The second-order valence-electron chi connectivity index (χ2n) is 5.54. The van der Waals surface area contributed by atoms with Gasteiger partial charge in [-0.25, -0.2) is 8.78 Å². The largest absolute Gasteiger partial charge is 0.313 e. The third-order valence-electron chi connectivity index (χ3n) is 4.08. The van der Waals surface area contributed by atoms with Gasteiger partial charge >= 0.3 is 0 Å². The number of halogens is 2. The molecule has 0 aliphatic heterocycles. The van der Waals surface area contributed by atoms with Gasteiger partial charge in [0, 0.05) is 11.6 Å². The van der Waals surface area contributed by atoms with Gasteiger partial charge in [0.1, 0.15) is 11.6 Å². The molecule has 112 valence electrons. The third kappa shape index (κ3) is 3.30. The summed E-state index contributed by atoms with van der Waals surface area (Å²) in [6, 6.07) is 8.11. The molecule has 0 saturated heterocycles. The van der Waals surface area contributed by atoms with Gasteiger partial charge < -0.3 is 5.32 Å². The fourth-order valence-corrected chi connectivity index (χ4v) is 2.66. The Bertz CT molecular complexity index is 630. The average molecular weight is 289 g/mol. The van der Waals surface area contributed by atoms with Crippen molar-refractivity contribution in [2.75, 3.05) is 7.05 Å². The van der Waals surface area contributed by atoms with Crippen LogP contribution < -0.4 is 5.32 Å². The monoisotopic (exact) mass is 289 g/mol. The summed E-state index contributed by atoms with van der Waals surface area (Å²) < 4.78 is 27.7. The van der Waals surface area contributed by atoms with Crippen molar-refractivity contribution in [1.29, 1.82) is 0 Å². The number of rotatable bonds is 4. The molecule has 2 aromatic carbocycles. The first-order chi connectivity index (χ1) is 9.93. The molecule has 0 spiro atoms. The van der Waals surface area contributed by atoms with E-state index in [1.165, 1.54) is 29.3 Å². The van der Waals surface area contributed by atoms with E-state index in [2.05, 4.69) is 31.3 Å². The zero-order valence-corrected chi connectivity index (χ0v) is 12.9. The van der Waals surface area contributed by atoms with E-state index >= 15 is 0 Å². The lowest BCUT2D eigenvalue weighted by atomic mass is 9.92. The highest BCUT2D eigenvalue weighted by Crippen LogP contribution is 2.26. The lowest BCUT2D eigenvalue weighted by Crippen LogP contribution is -2.21. The maximum Gasteiger partial charge on any atom is 0.129 e. The highest BCUT2D eigenvalue weighted by molar-refractivity contribution is 5.39. The smallest absolute Gasteiger partial charge is 0.129 e. The molecule has 0 aliphatic rings. The summed E-state index contributed by atoms with van der Waals surface area (Å²) in [7, 11) is 1.82. The Labute approximate surface area is 125 Å². The van der Waals surface area contributed by atoms with Gasteiger partial charge in [0.05, 0.1) is 0 Å². The molecule has 1 nitrogen and oxygen atoms in total. The molecule has 2 rings (SSSR count). The molecule has 1 N–H and O–H groups in total. The molecule has 0 radical (unpaired) electrons. The fraction of sp³-hybridized carbons (Fsp3) is 0.333. The summed E-state index contributed by atoms with van der Waals surface area (Å²) in [5, 5.41) is 3.18. The minimum absolute atomic E-state index is 0.115. The van der Waals surface area contributed by atoms with Crippen molar-refractivity contribution in [3.63, 3.8) is 0 Å². The second-order valence-corrected chi connectivity index (χ2v) is 5.54. The highest BCUT2D eigenvalue weighted by Gasteiger charge is 2.18. The Hall–Kier alpha value is -1.74. The van der Waals surface area contributed by atoms with Crippen molar-refractivity contribution >= 4 is 0 Å². The quantitative estimate of drug-likeness (QED) is 0.880. The number of hydrogen-bond acceptors (Lipinski definition) is 1. The average Bonchev–Trinajstić information content (AvgIpc) is 2.43. The Morgan fingerprint density at radius 3 is 2.10 bits per heavy atom. The number of aryl methyl sites for hydroxylation is 3. The number of likely N-dealkylation sites (N-methyl/N-ethyl adjacent to an activating group) is 1. The Morgan fingerprint density at radius 2 is 1.52 bits per heavy atom. The van der Waals surface area contributed by atoms with E-state index in [1.54, 1.807) is 0 Å². The first-order valence-corrected chi connectivity index (χ1v) is 7.12.